The van der Waals surface area contributed by atoms with Crippen LogP contribution in [0, 0.1) is 11.8 Å². The number of hydrogen-bond acceptors (Lipinski definition) is 3. The fraction of sp³-hybridized carbons (Fsp3) is 0.588. The van der Waals surface area contributed by atoms with Crippen molar-refractivity contribution < 1.29 is 0 Å². The van der Waals surface area contributed by atoms with Crippen LogP contribution in [0.2, 0.25) is 0 Å². The van der Waals surface area contributed by atoms with Gasteiger partial charge in [-0.25, -0.2) is 0 Å². The molecule has 2 aromatic heterocycles. The third kappa shape index (κ3) is 3.64. The summed E-state index contributed by atoms with van der Waals surface area (Å²) in [7, 11) is 0. The number of rotatable bonds is 5. The van der Waals surface area contributed by atoms with Crippen molar-refractivity contribution in [1.82, 2.24) is 19.6 Å². The highest BCUT2D eigenvalue weighted by Gasteiger charge is 2.20. The molecule has 0 bridgehead atoms. The Morgan fingerprint density at radius 2 is 2.09 bits per heavy atom. The summed E-state index contributed by atoms with van der Waals surface area (Å²) in [6, 6.07) is 5.17. The quantitative estimate of drug-likeness (QED) is 0.853. The molecule has 118 valence electrons. The Morgan fingerprint density at radius 3 is 2.86 bits per heavy atom. The molecule has 5 nitrogen and oxygen atoms in total. The summed E-state index contributed by atoms with van der Waals surface area (Å²) in [5.41, 5.74) is 0.830. The average molecular weight is 300 g/mol. The SMILES string of the molecule is CC(Cn1cc(Cn2ccccc2=O)nn1)C1CCCCC1. The maximum Gasteiger partial charge on any atom is 0.250 e. The van der Waals surface area contributed by atoms with Gasteiger partial charge in [0.1, 0.15) is 5.69 Å². The van der Waals surface area contributed by atoms with E-state index >= 15 is 0 Å². The molecule has 1 atom stereocenters. The molecule has 2 aromatic rings. The summed E-state index contributed by atoms with van der Waals surface area (Å²) >= 11 is 0. The summed E-state index contributed by atoms with van der Waals surface area (Å²) in [4.78, 5) is 11.7. The van der Waals surface area contributed by atoms with Gasteiger partial charge in [-0.3, -0.25) is 9.48 Å². The van der Waals surface area contributed by atoms with E-state index in [1.54, 1.807) is 22.9 Å². The van der Waals surface area contributed by atoms with Crippen LogP contribution in [-0.4, -0.2) is 19.6 Å². The summed E-state index contributed by atoms with van der Waals surface area (Å²) in [5.74, 6) is 1.45. The van der Waals surface area contributed by atoms with E-state index in [-0.39, 0.29) is 5.56 Å². The molecule has 0 amide bonds. The zero-order valence-corrected chi connectivity index (χ0v) is 13.2. The van der Waals surface area contributed by atoms with Gasteiger partial charge in [0.15, 0.2) is 0 Å². The molecular weight excluding hydrogens is 276 g/mol. The van der Waals surface area contributed by atoms with Crippen molar-refractivity contribution in [3.63, 3.8) is 0 Å². The summed E-state index contributed by atoms with van der Waals surface area (Å²) < 4.78 is 3.58. The molecule has 1 unspecified atom stereocenters. The van der Waals surface area contributed by atoms with Gasteiger partial charge in [0.05, 0.1) is 12.7 Å². The van der Waals surface area contributed by atoms with Gasteiger partial charge in [0.25, 0.3) is 5.56 Å². The molecule has 1 aliphatic rings. The molecule has 22 heavy (non-hydrogen) atoms. The van der Waals surface area contributed by atoms with Crippen LogP contribution < -0.4 is 5.56 Å². The van der Waals surface area contributed by atoms with E-state index in [0.717, 1.165) is 18.2 Å². The van der Waals surface area contributed by atoms with Gasteiger partial charge in [-0.05, 0) is 17.9 Å². The zero-order valence-electron chi connectivity index (χ0n) is 13.2. The van der Waals surface area contributed by atoms with Crippen LogP contribution in [0.3, 0.4) is 0 Å². The summed E-state index contributed by atoms with van der Waals surface area (Å²) in [6.07, 6.45) is 10.6. The number of hydrogen-bond donors (Lipinski definition) is 0. The standard InChI is InChI=1S/C17H24N4O/c1-14(15-7-3-2-4-8-15)11-21-13-16(18-19-21)12-20-10-6-5-9-17(20)22/h5-6,9-10,13-15H,2-4,7-8,11-12H2,1H3. The van der Waals surface area contributed by atoms with Crippen LogP contribution in [0.5, 0.6) is 0 Å². The lowest BCUT2D eigenvalue weighted by Crippen LogP contribution is -2.20. The topological polar surface area (TPSA) is 52.7 Å². The smallest absolute Gasteiger partial charge is 0.250 e. The molecular formula is C17H24N4O. The number of aromatic nitrogens is 4. The molecule has 0 saturated heterocycles. The van der Waals surface area contributed by atoms with Crippen molar-refractivity contribution in [2.45, 2.75) is 52.1 Å². The molecule has 2 heterocycles. The first-order valence-electron chi connectivity index (χ1n) is 8.27. The molecule has 0 N–H and O–H groups in total. The second kappa shape index (κ2) is 6.90. The highest BCUT2D eigenvalue weighted by Crippen LogP contribution is 2.30. The van der Waals surface area contributed by atoms with Gasteiger partial charge in [-0.1, -0.05) is 50.3 Å². The minimum absolute atomic E-state index is 0.00683. The van der Waals surface area contributed by atoms with Crippen molar-refractivity contribution in [2.24, 2.45) is 11.8 Å². The third-order valence-corrected chi connectivity index (χ3v) is 4.75. The minimum atomic E-state index is -0.00683. The highest BCUT2D eigenvalue weighted by atomic mass is 16.1. The first-order valence-corrected chi connectivity index (χ1v) is 8.27. The molecule has 5 heteroatoms. The van der Waals surface area contributed by atoms with E-state index in [9.17, 15) is 4.79 Å². The minimum Gasteiger partial charge on any atom is -0.309 e. The van der Waals surface area contributed by atoms with Gasteiger partial charge in [0, 0.05) is 18.8 Å². The Labute approximate surface area is 131 Å². The largest absolute Gasteiger partial charge is 0.309 e. The Morgan fingerprint density at radius 1 is 1.27 bits per heavy atom. The fourth-order valence-electron chi connectivity index (χ4n) is 3.41. The molecule has 1 aliphatic carbocycles. The van der Waals surface area contributed by atoms with Crippen LogP contribution in [-0.2, 0) is 13.1 Å². The van der Waals surface area contributed by atoms with E-state index in [1.807, 2.05) is 16.9 Å². The lowest BCUT2D eigenvalue weighted by molar-refractivity contribution is 0.234. The van der Waals surface area contributed by atoms with Gasteiger partial charge in [-0.2, -0.15) is 0 Å². The van der Waals surface area contributed by atoms with Crippen LogP contribution >= 0.6 is 0 Å². The zero-order chi connectivity index (χ0) is 15.4. The van der Waals surface area contributed by atoms with Crippen LogP contribution in [0.25, 0.3) is 0 Å². The normalized spacial score (nSPS) is 17.5. The van der Waals surface area contributed by atoms with Gasteiger partial charge >= 0.3 is 0 Å². The lowest BCUT2D eigenvalue weighted by Gasteiger charge is -2.27. The van der Waals surface area contributed by atoms with Gasteiger partial charge in [-0.15, -0.1) is 5.10 Å². The lowest BCUT2D eigenvalue weighted by atomic mass is 9.81. The maximum absolute atomic E-state index is 11.7. The molecule has 0 aromatic carbocycles. The van der Waals surface area contributed by atoms with Gasteiger partial charge in [0.2, 0.25) is 0 Å². The maximum atomic E-state index is 11.7. The molecule has 1 saturated carbocycles. The molecule has 0 spiro atoms. The second-order valence-electron chi connectivity index (χ2n) is 6.47. The molecule has 0 radical (unpaired) electrons. The van der Waals surface area contributed by atoms with Crippen molar-refractivity contribution in [3.05, 3.63) is 46.6 Å². The Bertz CT molecular complexity index is 654. The monoisotopic (exact) mass is 300 g/mol. The van der Waals surface area contributed by atoms with Crippen LogP contribution in [0.4, 0.5) is 0 Å². The second-order valence-corrected chi connectivity index (χ2v) is 6.47. The highest BCUT2D eigenvalue weighted by molar-refractivity contribution is 4.99. The Kier molecular flexibility index (Phi) is 4.71. The number of pyridine rings is 1. The fourth-order valence-corrected chi connectivity index (χ4v) is 3.41. The molecule has 1 fully saturated rings. The van der Waals surface area contributed by atoms with Crippen molar-refractivity contribution in [1.29, 1.82) is 0 Å². The third-order valence-electron chi connectivity index (χ3n) is 4.75. The summed E-state index contributed by atoms with van der Waals surface area (Å²) in [6.45, 7) is 3.72. The average Bonchev–Trinajstić information content (AvgIpc) is 2.97. The number of nitrogens with zero attached hydrogens (tertiary/aromatic N) is 4. The van der Waals surface area contributed by atoms with Gasteiger partial charge < -0.3 is 4.57 Å². The van der Waals surface area contributed by atoms with Crippen LogP contribution in [0.15, 0.2) is 35.4 Å². The Hall–Kier alpha value is -1.91. The molecule has 0 aliphatic heterocycles. The first-order chi connectivity index (χ1) is 10.7. The van der Waals surface area contributed by atoms with Crippen molar-refractivity contribution in [3.8, 4) is 0 Å². The predicted molar refractivity (Wildman–Crippen MR) is 85.6 cm³/mol. The van der Waals surface area contributed by atoms with E-state index < -0.39 is 0 Å². The van der Waals surface area contributed by atoms with Crippen molar-refractivity contribution in [2.75, 3.05) is 0 Å². The van der Waals surface area contributed by atoms with E-state index in [2.05, 4.69) is 17.2 Å². The predicted octanol–water partition coefficient (Wildman–Crippen LogP) is 2.70. The Balaban J connectivity index is 1.61. The molecule has 3 rings (SSSR count). The van der Waals surface area contributed by atoms with E-state index in [0.29, 0.717) is 12.5 Å². The van der Waals surface area contributed by atoms with E-state index in [4.69, 9.17) is 0 Å². The van der Waals surface area contributed by atoms with Crippen LogP contribution in [0.1, 0.15) is 44.7 Å². The first kappa shape index (κ1) is 15.0. The summed E-state index contributed by atoms with van der Waals surface area (Å²) in [5, 5.41) is 8.43. The van der Waals surface area contributed by atoms with Crippen molar-refractivity contribution >= 4 is 0 Å². The van der Waals surface area contributed by atoms with E-state index in [1.165, 1.54) is 32.1 Å².